The van der Waals surface area contributed by atoms with Crippen LogP contribution in [0, 0.1) is 5.82 Å². The van der Waals surface area contributed by atoms with Crippen LogP contribution in [-0.4, -0.2) is 51.1 Å². The lowest BCUT2D eigenvalue weighted by molar-refractivity contribution is -0.123. The molecule has 2 unspecified atom stereocenters. The molecule has 164 valence electrons. The van der Waals surface area contributed by atoms with Gasteiger partial charge in [-0.05, 0) is 48.3 Å². The molecule has 0 saturated heterocycles. The molecule has 0 saturated carbocycles. The fourth-order valence-electron chi connectivity index (χ4n) is 2.66. The number of aliphatic hydroxyl groups is 1. The monoisotopic (exact) mass is 456 g/mol. The van der Waals surface area contributed by atoms with E-state index in [1.165, 1.54) is 31.0 Å². The molecule has 0 aliphatic heterocycles. The Morgan fingerprint density at radius 3 is 2.47 bits per heavy atom. The minimum atomic E-state index is -4.24. The molecule has 0 aliphatic carbocycles. The van der Waals surface area contributed by atoms with Gasteiger partial charge in [0.1, 0.15) is 22.5 Å². The van der Waals surface area contributed by atoms with Crippen molar-refractivity contribution in [2.24, 2.45) is 0 Å². The molecule has 0 aromatic heterocycles. The third-order valence-corrected chi connectivity index (χ3v) is 6.47. The maximum atomic E-state index is 13.9. The smallest absolute Gasteiger partial charge is 0.244 e. The third kappa shape index (κ3) is 6.69. The number of aliphatic hydroxyl groups excluding tert-OH is 1. The molecule has 0 bridgehead atoms. The second-order valence-electron chi connectivity index (χ2n) is 6.42. The summed E-state index contributed by atoms with van der Waals surface area (Å²) in [5.41, 5.74) is 0.573. The number of carbonyl (C=O) groups excluding carboxylic acids is 1. The molecule has 0 radical (unpaired) electrons. The van der Waals surface area contributed by atoms with E-state index in [2.05, 4.69) is 10.0 Å². The van der Waals surface area contributed by atoms with Gasteiger partial charge in [-0.15, -0.1) is 0 Å². The van der Waals surface area contributed by atoms with E-state index in [0.29, 0.717) is 17.1 Å². The van der Waals surface area contributed by atoms with E-state index in [0.717, 1.165) is 12.1 Å². The first-order valence-electron chi connectivity index (χ1n) is 9.14. The van der Waals surface area contributed by atoms with Gasteiger partial charge in [0.05, 0.1) is 13.2 Å². The van der Waals surface area contributed by atoms with E-state index in [1.807, 2.05) is 6.26 Å². The summed E-state index contributed by atoms with van der Waals surface area (Å²) >= 11 is 1.45. The van der Waals surface area contributed by atoms with Crippen molar-refractivity contribution in [3.05, 3.63) is 59.9 Å². The number of sulfonamides is 1. The zero-order valence-corrected chi connectivity index (χ0v) is 18.3. The lowest BCUT2D eigenvalue weighted by atomic mass is 10.1. The first-order valence-corrected chi connectivity index (χ1v) is 12.0. The molecule has 2 rings (SSSR count). The SMILES string of the molecule is COc1ccc(C(O)CNC(=O)C(CCSC)NS(=O)(=O)c2ccccc2F)cc1. The first kappa shape index (κ1) is 24.1. The quantitative estimate of drug-likeness (QED) is 0.478. The highest BCUT2D eigenvalue weighted by Gasteiger charge is 2.27. The van der Waals surface area contributed by atoms with Crippen molar-refractivity contribution in [3.63, 3.8) is 0 Å². The van der Waals surface area contributed by atoms with Crippen LogP contribution in [0.3, 0.4) is 0 Å². The normalized spacial score (nSPS) is 13.5. The average Bonchev–Trinajstić information content (AvgIpc) is 2.74. The Balaban J connectivity index is 2.06. The molecule has 0 fully saturated rings. The van der Waals surface area contributed by atoms with E-state index >= 15 is 0 Å². The molecule has 1 amide bonds. The summed E-state index contributed by atoms with van der Waals surface area (Å²) in [5, 5.41) is 12.8. The third-order valence-electron chi connectivity index (χ3n) is 4.32. The molecule has 2 aromatic carbocycles. The molecule has 2 atom stereocenters. The number of nitrogens with one attached hydrogen (secondary N) is 2. The highest BCUT2D eigenvalue weighted by atomic mass is 32.2. The summed E-state index contributed by atoms with van der Waals surface area (Å²) in [6.07, 6.45) is 1.05. The van der Waals surface area contributed by atoms with Gasteiger partial charge in [0.15, 0.2) is 0 Å². The molecule has 30 heavy (non-hydrogen) atoms. The summed E-state index contributed by atoms with van der Waals surface area (Å²) in [7, 11) is -2.71. The molecule has 3 N–H and O–H groups in total. The second-order valence-corrected chi connectivity index (χ2v) is 9.09. The van der Waals surface area contributed by atoms with E-state index in [4.69, 9.17) is 4.74 Å². The van der Waals surface area contributed by atoms with Crippen LogP contribution in [0.1, 0.15) is 18.1 Å². The lowest BCUT2D eigenvalue weighted by Crippen LogP contribution is -2.48. The summed E-state index contributed by atoms with van der Waals surface area (Å²) in [4.78, 5) is 12.1. The van der Waals surface area contributed by atoms with Crippen LogP contribution in [0.4, 0.5) is 4.39 Å². The molecule has 0 aliphatic rings. The van der Waals surface area contributed by atoms with Gasteiger partial charge in [-0.2, -0.15) is 16.5 Å². The van der Waals surface area contributed by atoms with Crippen LogP contribution < -0.4 is 14.8 Å². The molecule has 0 spiro atoms. The van der Waals surface area contributed by atoms with E-state index in [1.54, 1.807) is 24.3 Å². The molecule has 0 heterocycles. The van der Waals surface area contributed by atoms with Crippen molar-refractivity contribution >= 4 is 27.7 Å². The maximum Gasteiger partial charge on any atom is 0.244 e. The van der Waals surface area contributed by atoms with Gasteiger partial charge in [0.25, 0.3) is 0 Å². The Kier molecular flexibility index (Phi) is 9.09. The minimum Gasteiger partial charge on any atom is -0.497 e. The van der Waals surface area contributed by atoms with Crippen molar-refractivity contribution in [2.45, 2.75) is 23.5 Å². The number of hydrogen-bond acceptors (Lipinski definition) is 6. The largest absolute Gasteiger partial charge is 0.497 e. The minimum absolute atomic E-state index is 0.109. The number of methoxy groups -OCH3 is 1. The van der Waals surface area contributed by atoms with Gasteiger partial charge in [-0.1, -0.05) is 24.3 Å². The van der Waals surface area contributed by atoms with Crippen LogP contribution >= 0.6 is 11.8 Å². The zero-order valence-electron chi connectivity index (χ0n) is 16.7. The van der Waals surface area contributed by atoms with Crippen LogP contribution in [0.5, 0.6) is 5.75 Å². The van der Waals surface area contributed by atoms with E-state index in [-0.39, 0.29) is 13.0 Å². The van der Waals surface area contributed by atoms with E-state index in [9.17, 15) is 22.7 Å². The Bertz CT molecular complexity index is 938. The fraction of sp³-hybridized carbons (Fsp3) is 0.350. The molecular formula is C20H25FN2O5S2. The maximum absolute atomic E-state index is 13.9. The van der Waals surface area contributed by atoms with Crippen LogP contribution in [0.15, 0.2) is 53.4 Å². The Morgan fingerprint density at radius 1 is 1.20 bits per heavy atom. The first-order chi connectivity index (χ1) is 14.3. The second kappa shape index (κ2) is 11.3. The Morgan fingerprint density at radius 2 is 1.87 bits per heavy atom. The Labute approximate surface area is 180 Å². The number of hydrogen-bond donors (Lipinski definition) is 3. The summed E-state index contributed by atoms with van der Waals surface area (Å²) in [6, 6.07) is 10.6. The number of halogens is 1. The van der Waals surface area contributed by atoms with Crippen molar-refractivity contribution in [1.29, 1.82) is 0 Å². The van der Waals surface area contributed by atoms with Gasteiger partial charge in [0.2, 0.25) is 15.9 Å². The van der Waals surface area contributed by atoms with Crippen molar-refractivity contribution in [1.82, 2.24) is 10.0 Å². The number of rotatable bonds is 11. The Hall–Kier alpha value is -2.14. The lowest BCUT2D eigenvalue weighted by Gasteiger charge is -2.20. The van der Waals surface area contributed by atoms with Gasteiger partial charge >= 0.3 is 0 Å². The van der Waals surface area contributed by atoms with Crippen molar-refractivity contribution in [2.75, 3.05) is 25.7 Å². The molecule has 10 heteroatoms. The number of amides is 1. The highest BCUT2D eigenvalue weighted by Crippen LogP contribution is 2.18. The molecule has 2 aromatic rings. The number of ether oxygens (including phenoxy) is 1. The van der Waals surface area contributed by atoms with Crippen LogP contribution in [0.2, 0.25) is 0 Å². The van der Waals surface area contributed by atoms with Gasteiger partial charge in [0, 0.05) is 6.54 Å². The number of benzene rings is 2. The molecule has 7 nitrogen and oxygen atoms in total. The van der Waals surface area contributed by atoms with Gasteiger partial charge < -0.3 is 15.2 Å². The highest BCUT2D eigenvalue weighted by molar-refractivity contribution is 7.98. The van der Waals surface area contributed by atoms with Crippen LogP contribution in [-0.2, 0) is 14.8 Å². The predicted octanol–water partition coefficient (Wildman–Crippen LogP) is 2.08. The topological polar surface area (TPSA) is 105 Å². The van der Waals surface area contributed by atoms with Gasteiger partial charge in [-0.3, -0.25) is 4.79 Å². The zero-order chi connectivity index (χ0) is 22.1. The van der Waals surface area contributed by atoms with E-state index < -0.39 is 38.8 Å². The summed E-state index contributed by atoms with van der Waals surface area (Å²) < 4.78 is 46.4. The number of carbonyl (C=O) groups is 1. The van der Waals surface area contributed by atoms with Crippen molar-refractivity contribution in [3.8, 4) is 5.75 Å². The van der Waals surface area contributed by atoms with Crippen molar-refractivity contribution < 1.29 is 27.4 Å². The fourth-order valence-corrected chi connectivity index (χ4v) is 4.44. The summed E-state index contributed by atoms with van der Waals surface area (Å²) in [5.74, 6) is -0.353. The van der Waals surface area contributed by atoms with Gasteiger partial charge in [-0.25, -0.2) is 12.8 Å². The van der Waals surface area contributed by atoms with Crippen LogP contribution in [0.25, 0.3) is 0 Å². The average molecular weight is 457 g/mol. The summed E-state index contributed by atoms with van der Waals surface area (Å²) in [6.45, 7) is -0.109. The number of thioether (sulfide) groups is 1. The predicted molar refractivity (Wildman–Crippen MR) is 114 cm³/mol. The standard InChI is InChI=1S/C20H25FN2O5S2/c1-28-15-9-7-14(8-10-15)18(24)13-22-20(25)17(11-12-29-2)23-30(26,27)19-6-4-3-5-16(19)21/h3-10,17-18,23-24H,11-13H2,1-2H3,(H,22,25). The molecular weight excluding hydrogens is 431 g/mol.